The average Bonchev–Trinajstić information content (AvgIpc) is 2.72. The summed E-state index contributed by atoms with van der Waals surface area (Å²) in [4.78, 5) is 15.4. The van der Waals surface area contributed by atoms with E-state index in [2.05, 4.69) is 0 Å². The van der Waals surface area contributed by atoms with Crippen molar-refractivity contribution in [1.82, 2.24) is 4.90 Å². The van der Waals surface area contributed by atoms with Crippen molar-refractivity contribution in [2.75, 3.05) is 18.9 Å². The van der Waals surface area contributed by atoms with Gasteiger partial charge in [-0.1, -0.05) is 24.4 Å². The van der Waals surface area contributed by atoms with Crippen molar-refractivity contribution in [2.45, 2.75) is 37.5 Å². The van der Waals surface area contributed by atoms with Crippen LogP contribution in [-0.2, 0) is 10.5 Å². The van der Waals surface area contributed by atoms with Crippen LogP contribution in [0.4, 0.5) is 0 Å². The number of thiophene rings is 1. The monoisotopic (exact) mass is 333 g/mol. The minimum Gasteiger partial charge on any atom is -0.394 e. The first-order valence-corrected chi connectivity index (χ1v) is 9.28. The Bertz CT molecular complexity index is 439. The lowest BCUT2D eigenvalue weighted by Crippen LogP contribution is -2.43. The van der Waals surface area contributed by atoms with Gasteiger partial charge in [0.25, 0.3) is 0 Å². The number of carbonyl (C=O) groups excluding carboxylic acids is 1. The molecule has 0 aliphatic carbocycles. The van der Waals surface area contributed by atoms with E-state index in [4.69, 9.17) is 11.6 Å². The zero-order valence-corrected chi connectivity index (χ0v) is 13.8. The van der Waals surface area contributed by atoms with Crippen molar-refractivity contribution < 1.29 is 9.90 Å². The Morgan fingerprint density at radius 3 is 3.00 bits per heavy atom. The van der Waals surface area contributed by atoms with E-state index < -0.39 is 0 Å². The molecule has 20 heavy (non-hydrogen) atoms. The molecule has 1 saturated heterocycles. The Kier molecular flexibility index (Phi) is 6.68. The number of rotatable bonds is 5. The number of carbonyl (C=O) groups is 1. The van der Waals surface area contributed by atoms with Gasteiger partial charge in [-0.2, -0.15) is 0 Å². The van der Waals surface area contributed by atoms with E-state index in [0.717, 1.165) is 42.3 Å². The number of aliphatic hydroxyl groups is 1. The van der Waals surface area contributed by atoms with Crippen LogP contribution in [0.5, 0.6) is 0 Å². The van der Waals surface area contributed by atoms with Gasteiger partial charge < -0.3 is 10.0 Å². The Labute approximate surface area is 133 Å². The number of hydrogen-bond acceptors (Lipinski definition) is 4. The third-order valence-electron chi connectivity index (χ3n) is 3.51. The number of nitrogens with zero attached hydrogens (tertiary/aromatic N) is 1. The molecule has 0 aromatic carbocycles. The number of halogens is 1. The van der Waals surface area contributed by atoms with Crippen LogP contribution in [0.3, 0.4) is 0 Å². The first-order chi connectivity index (χ1) is 9.70. The highest BCUT2D eigenvalue weighted by atomic mass is 35.5. The molecule has 0 radical (unpaired) electrons. The fourth-order valence-corrected chi connectivity index (χ4v) is 4.56. The summed E-state index contributed by atoms with van der Waals surface area (Å²) in [7, 11) is 0. The van der Waals surface area contributed by atoms with Crippen LogP contribution >= 0.6 is 34.7 Å². The predicted molar refractivity (Wildman–Crippen MR) is 86.5 cm³/mol. The highest BCUT2D eigenvalue weighted by molar-refractivity contribution is 7.99. The molecule has 0 bridgehead atoms. The summed E-state index contributed by atoms with van der Waals surface area (Å²) in [6.45, 7) is 0.867. The molecule has 1 atom stereocenters. The van der Waals surface area contributed by atoms with Crippen molar-refractivity contribution in [2.24, 2.45) is 0 Å². The maximum atomic E-state index is 12.3. The average molecular weight is 334 g/mol. The van der Waals surface area contributed by atoms with Crippen molar-refractivity contribution in [3.63, 3.8) is 0 Å². The molecule has 1 aliphatic rings. The summed E-state index contributed by atoms with van der Waals surface area (Å²) in [6.07, 6.45) is 4.23. The zero-order chi connectivity index (χ0) is 14.4. The van der Waals surface area contributed by atoms with E-state index in [1.807, 2.05) is 17.0 Å². The van der Waals surface area contributed by atoms with Gasteiger partial charge in [0.1, 0.15) is 0 Å². The van der Waals surface area contributed by atoms with Gasteiger partial charge in [-0.3, -0.25) is 4.79 Å². The molecule has 1 aromatic heterocycles. The molecule has 2 rings (SSSR count). The minimum absolute atomic E-state index is 0.0155. The first kappa shape index (κ1) is 16.1. The molecule has 1 aliphatic heterocycles. The van der Waals surface area contributed by atoms with Crippen LogP contribution in [0.25, 0.3) is 0 Å². The lowest BCUT2D eigenvalue weighted by Gasteiger charge is -2.28. The van der Waals surface area contributed by atoms with Crippen LogP contribution in [0.1, 0.15) is 30.6 Å². The maximum Gasteiger partial charge on any atom is 0.232 e. The van der Waals surface area contributed by atoms with Gasteiger partial charge in [-0.05, 0) is 25.0 Å². The second-order valence-corrected chi connectivity index (χ2v) is 7.76. The lowest BCUT2D eigenvalue weighted by atomic mass is 10.1. The standard InChI is InChI=1S/C14H20ClNO2S2/c15-13-6-5-12(20-13)9-19-10-14(18)16-7-3-1-2-4-11(16)8-17/h5-6,11,17H,1-4,7-10H2. The number of aliphatic hydroxyl groups excluding tert-OH is 1. The van der Waals surface area contributed by atoms with E-state index in [1.54, 1.807) is 23.1 Å². The van der Waals surface area contributed by atoms with Crippen LogP contribution < -0.4 is 0 Å². The van der Waals surface area contributed by atoms with Gasteiger partial charge in [0.2, 0.25) is 5.91 Å². The maximum absolute atomic E-state index is 12.3. The van der Waals surface area contributed by atoms with Crippen LogP contribution in [0, 0.1) is 0 Å². The van der Waals surface area contributed by atoms with Gasteiger partial charge in [-0.25, -0.2) is 0 Å². The van der Waals surface area contributed by atoms with Gasteiger partial charge in [0.05, 0.1) is 22.7 Å². The van der Waals surface area contributed by atoms with E-state index in [-0.39, 0.29) is 18.6 Å². The smallest absolute Gasteiger partial charge is 0.232 e. The fourth-order valence-electron chi connectivity index (χ4n) is 2.45. The second kappa shape index (κ2) is 8.27. The Balaban J connectivity index is 1.80. The normalized spacial score (nSPS) is 19.9. The van der Waals surface area contributed by atoms with E-state index in [9.17, 15) is 9.90 Å². The van der Waals surface area contributed by atoms with Crippen molar-refractivity contribution in [3.05, 3.63) is 21.3 Å². The van der Waals surface area contributed by atoms with E-state index in [1.165, 1.54) is 4.88 Å². The molecule has 1 amide bonds. The van der Waals surface area contributed by atoms with Crippen LogP contribution in [-0.4, -0.2) is 40.9 Å². The summed E-state index contributed by atoms with van der Waals surface area (Å²) in [5.74, 6) is 1.45. The number of thioether (sulfide) groups is 1. The Hall–Kier alpha value is -0.230. The molecular weight excluding hydrogens is 314 g/mol. The van der Waals surface area contributed by atoms with Gasteiger partial charge >= 0.3 is 0 Å². The molecule has 6 heteroatoms. The number of hydrogen-bond donors (Lipinski definition) is 1. The van der Waals surface area contributed by atoms with Crippen molar-refractivity contribution in [1.29, 1.82) is 0 Å². The third kappa shape index (κ3) is 4.65. The van der Waals surface area contributed by atoms with Gasteiger partial charge in [0.15, 0.2) is 0 Å². The molecule has 1 fully saturated rings. The van der Waals surface area contributed by atoms with Gasteiger partial charge in [-0.15, -0.1) is 23.1 Å². The van der Waals surface area contributed by atoms with E-state index >= 15 is 0 Å². The number of amides is 1. The summed E-state index contributed by atoms with van der Waals surface area (Å²) in [5.41, 5.74) is 0. The summed E-state index contributed by atoms with van der Waals surface area (Å²) < 4.78 is 0.791. The molecule has 1 N–H and O–H groups in total. The Morgan fingerprint density at radius 2 is 2.30 bits per heavy atom. The molecule has 3 nitrogen and oxygen atoms in total. The number of likely N-dealkylation sites (tertiary alicyclic amines) is 1. The zero-order valence-electron chi connectivity index (χ0n) is 11.4. The first-order valence-electron chi connectivity index (χ1n) is 6.93. The molecule has 0 spiro atoms. The van der Waals surface area contributed by atoms with Crippen molar-refractivity contribution in [3.8, 4) is 0 Å². The largest absolute Gasteiger partial charge is 0.394 e. The van der Waals surface area contributed by atoms with Crippen LogP contribution in [0.15, 0.2) is 12.1 Å². The summed E-state index contributed by atoms with van der Waals surface area (Å²) >= 11 is 9.07. The Morgan fingerprint density at radius 1 is 1.45 bits per heavy atom. The molecule has 1 unspecified atom stereocenters. The molecule has 112 valence electrons. The second-order valence-electron chi connectivity index (χ2n) is 4.97. The fraction of sp³-hybridized carbons (Fsp3) is 0.643. The summed E-state index contributed by atoms with van der Waals surface area (Å²) in [6, 6.07) is 3.91. The molecule has 0 saturated carbocycles. The summed E-state index contributed by atoms with van der Waals surface area (Å²) in [5, 5.41) is 9.43. The third-order valence-corrected chi connectivity index (χ3v) is 5.89. The highest BCUT2D eigenvalue weighted by Crippen LogP contribution is 2.25. The van der Waals surface area contributed by atoms with Crippen molar-refractivity contribution >= 4 is 40.6 Å². The van der Waals surface area contributed by atoms with E-state index in [0.29, 0.717) is 5.75 Å². The molecule has 2 heterocycles. The highest BCUT2D eigenvalue weighted by Gasteiger charge is 2.24. The molecule has 1 aromatic rings. The van der Waals surface area contributed by atoms with Crippen LogP contribution in [0.2, 0.25) is 4.34 Å². The molecular formula is C14H20ClNO2S2. The predicted octanol–water partition coefficient (Wildman–Crippen LogP) is 3.40. The minimum atomic E-state index is 0.0155. The lowest BCUT2D eigenvalue weighted by molar-refractivity contribution is -0.131. The quantitative estimate of drug-likeness (QED) is 0.897. The topological polar surface area (TPSA) is 40.5 Å². The SMILES string of the molecule is O=C(CSCc1ccc(Cl)s1)N1CCCCCC1CO. The van der Waals surface area contributed by atoms with Gasteiger partial charge in [0, 0.05) is 17.2 Å².